The highest BCUT2D eigenvalue weighted by Gasteiger charge is 2.30. The SMILES string of the molecule is CC(C)(C)CC(C(=O)c1ncncn1)c1ccc(O)c(C(C)(C)C)c1. The second-order valence-electron chi connectivity index (χ2n) is 8.67. The fourth-order valence-electron chi connectivity index (χ4n) is 2.87. The first kappa shape index (κ1) is 19.0. The number of benzene rings is 1. The Morgan fingerprint density at radius 3 is 2.20 bits per heavy atom. The third kappa shape index (κ3) is 4.84. The minimum atomic E-state index is -0.371. The van der Waals surface area contributed by atoms with Gasteiger partial charge in [0.15, 0.2) is 5.82 Å². The maximum Gasteiger partial charge on any atom is 0.207 e. The van der Waals surface area contributed by atoms with E-state index in [1.54, 1.807) is 6.07 Å². The summed E-state index contributed by atoms with van der Waals surface area (Å²) >= 11 is 0. The van der Waals surface area contributed by atoms with Gasteiger partial charge in [-0.1, -0.05) is 53.7 Å². The van der Waals surface area contributed by atoms with Gasteiger partial charge in [-0.3, -0.25) is 4.79 Å². The number of Topliss-reactive ketones (excluding diaryl/α,β-unsaturated/α-hetero) is 1. The van der Waals surface area contributed by atoms with Gasteiger partial charge < -0.3 is 5.11 Å². The van der Waals surface area contributed by atoms with E-state index in [1.165, 1.54) is 12.7 Å². The standard InChI is InChI=1S/C20H27N3O2/c1-19(2,3)10-14(17(25)18-22-11-21-12-23-18)13-7-8-16(24)15(9-13)20(4,5)6/h7-9,11-12,14,24H,10H2,1-6H3. The summed E-state index contributed by atoms with van der Waals surface area (Å²) in [5, 5.41) is 10.2. The van der Waals surface area contributed by atoms with Crippen LogP contribution in [0.15, 0.2) is 30.9 Å². The molecule has 1 N–H and O–H groups in total. The molecule has 1 unspecified atom stereocenters. The Kier molecular flexibility index (Phi) is 5.26. The van der Waals surface area contributed by atoms with Crippen LogP contribution in [-0.2, 0) is 5.41 Å². The van der Waals surface area contributed by atoms with Gasteiger partial charge in [0.25, 0.3) is 0 Å². The van der Waals surface area contributed by atoms with Crippen LogP contribution in [-0.4, -0.2) is 25.8 Å². The van der Waals surface area contributed by atoms with E-state index in [4.69, 9.17) is 0 Å². The summed E-state index contributed by atoms with van der Waals surface area (Å²) < 4.78 is 0. The maximum atomic E-state index is 13.1. The van der Waals surface area contributed by atoms with Crippen LogP contribution in [0.2, 0.25) is 0 Å². The van der Waals surface area contributed by atoms with Crippen molar-refractivity contribution in [2.45, 2.75) is 59.3 Å². The van der Waals surface area contributed by atoms with Crippen LogP contribution in [0.5, 0.6) is 5.75 Å². The summed E-state index contributed by atoms with van der Waals surface area (Å²) in [5.41, 5.74) is 1.44. The van der Waals surface area contributed by atoms with Gasteiger partial charge in [-0.15, -0.1) is 0 Å². The molecule has 1 aromatic heterocycles. The molecule has 0 aliphatic carbocycles. The van der Waals surface area contributed by atoms with E-state index in [-0.39, 0.29) is 34.1 Å². The van der Waals surface area contributed by atoms with E-state index >= 15 is 0 Å². The normalized spacial score (nSPS) is 13.5. The summed E-state index contributed by atoms with van der Waals surface area (Å²) in [5.74, 6) is -0.0695. The van der Waals surface area contributed by atoms with Gasteiger partial charge in [-0.25, -0.2) is 15.0 Å². The molecule has 0 radical (unpaired) electrons. The Bertz CT molecular complexity index is 744. The molecule has 0 fully saturated rings. The molecule has 0 aliphatic heterocycles. The van der Waals surface area contributed by atoms with E-state index in [0.29, 0.717) is 6.42 Å². The van der Waals surface area contributed by atoms with Crippen molar-refractivity contribution in [3.63, 3.8) is 0 Å². The van der Waals surface area contributed by atoms with Crippen LogP contribution in [0.25, 0.3) is 0 Å². The van der Waals surface area contributed by atoms with Gasteiger partial charge >= 0.3 is 0 Å². The zero-order valence-corrected chi connectivity index (χ0v) is 15.9. The topological polar surface area (TPSA) is 76.0 Å². The van der Waals surface area contributed by atoms with E-state index in [9.17, 15) is 9.90 Å². The van der Waals surface area contributed by atoms with Crippen LogP contribution in [0.3, 0.4) is 0 Å². The molecule has 0 amide bonds. The smallest absolute Gasteiger partial charge is 0.207 e. The Labute approximate surface area is 149 Å². The zero-order valence-electron chi connectivity index (χ0n) is 15.9. The summed E-state index contributed by atoms with van der Waals surface area (Å²) in [6.07, 6.45) is 3.34. The number of aromatic hydroxyl groups is 1. The average Bonchev–Trinajstić information content (AvgIpc) is 2.51. The van der Waals surface area contributed by atoms with Gasteiger partial charge in [0.2, 0.25) is 5.78 Å². The van der Waals surface area contributed by atoms with E-state index in [1.807, 2.05) is 32.9 Å². The molecule has 2 rings (SSSR count). The Morgan fingerprint density at radius 1 is 1.08 bits per heavy atom. The first-order valence-electron chi connectivity index (χ1n) is 8.48. The molecule has 1 atom stereocenters. The lowest BCUT2D eigenvalue weighted by Crippen LogP contribution is -2.22. The molecular weight excluding hydrogens is 314 g/mol. The number of ketones is 1. The van der Waals surface area contributed by atoms with Crippen molar-refractivity contribution in [1.29, 1.82) is 0 Å². The van der Waals surface area contributed by atoms with Gasteiger partial charge in [0, 0.05) is 0 Å². The number of phenols is 1. The highest BCUT2D eigenvalue weighted by Crippen LogP contribution is 2.37. The Hall–Kier alpha value is -2.30. The molecule has 1 aromatic carbocycles. The predicted octanol–water partition coefficient (Wildman–Crippen LogP) is 4.28. The fourth-order valence-corrected chi connectivity index (χ4v) is 2.87. The van der Waals surface area contributed by atoms with E-state index < -0.39 is 0 Å². The van der Waals surface area contributed by atoms with Crippen molar-refractivity contribution in [2.24, 2.45) is 5.41 Å². The van der Waals surface area contributed by atoms with Crippen LogP contribution in [0, 0.1) is 5.41 Å². The van der Waals surface area contributed by atoms with Crippen LogP contribution in [0.4, 0.5) is 0 Å². The van der Waals surface area contributed by atoms with Crippen molar-refractivity contribution < 1.29 is 9.90 Å². The molecule has 0 spiro atoms. The first-order chi connectivity index (χ1) is 11.5. The second-order valence-corrected chi connectivity index (χ2v) is 8.67. The second kappa shape index (κ2) is 6.90. The summed E-state index contributed by atoms with van der Waals surface area (Å²) in [7, 11) is 0. The third-order valence-electron chi connectivity index (χ3n) is 4.08. The van der Waals surface area contributed by atoms with Crippen LogP contribution < -0.4 is 0 Å². The minimum Gasteiger partial charge on any atom is -0.508 e. The van der Waals surface area contributed by atoms with Crippen molar-refractivity contribution >= 4 is 5.78 Å². The van der Waals surface area contributed by atoms with Crippen LogP contribution >= 0.6 is 0 Å². The number of carbonyl (C=O) groups excluding carboxylic acids is 1. The Morgan fingerprint density at radius 2 is 1.68 bits per heavy atom. The molecule has 1 heterocycles. The lowest BCUT2D eigenvalue weighted by atomic mass is 9.77. The monoisotopic (exact) mass is 341 g/mol. The molecule has 2 aromatic rings. The number of phenolic OH excluding ortho intramolecular Hbond substituents is 1. The molecule has 5 heteroatoms. The number of rotatable bonds is 4. The summed E-state index contributed by atoms with van der Waals surface area (Å²) in [6.45, 7) is 12.4. The zero-order chi connectivity index (χ0) is 18.8. The van der Waals surface area contributed by atoms with Crippen LogP contribution in [0.1, 0.15) is 75.6 Å². The first-order valence-corrected chi connectivity index (χ1v) is 8.48. The van der Waals surface area contributed by atoms with Gasteiger partial charge in [0.1, 0.15) is 18.4 Å². The number of carbonyl (C=O) groups is 1. The number of aromatic nitrogens is 3. The van der Waals surface area contributed by atoms with Crippen molar-refractivity contribution in [2.75, 3.05) is 0 Å². The van der Waals surface area contributed by atoms with Gasteiger partial charge in [0.05, 0.1) is 5.92 Å². The Balaban J connectivity index is 2.51. The van der Waals surface area contributed by atoms with Crippen molar-refractivity contribution in [3.8, 4) is 5.75 Å². The van der Waals surface area contributed by atoms with Crippen molar-refractivity contribution in [1.82, 2.24) is 15.0 Å². The highest BCUT2D eigenvalue weighted by atomic mass is 16.3. The summed E-state index contributed by atoms with van der Waals surface area (Å²) in [6, 6.07) is 5.43. The molecule has 0 saturated heterocycles. The largest absolute Gasteiger partial charge is 0.508 e. The van der Waals surface area contributed by atoms with Gasteiger partial charge in [-0.05, 0) is 34.4 Å². The minimum absolute atomic E-state index is 0.0485. The number of nitrogens with zero attached hydrogens (tertiary/aromatic N) is 3. The molecule has 5 nitrogen and oxygen atoms in total. The predicted molar refractivity (Wildman–Crippen MR) is 97.8 cm³/mol. The summed E-state index contributed by atoms with van der Waals surface area (Å²) in [4.78, 5) is 24.9. The quantitative estimate of drug-likeness (QED) is 0.840. The molecule has 0 aliphatic rings. The molecule has 134 valence electrons. The lowest BCUT2D eigenvalue weighted by Gasteiger charge is -2.27. The number of hydrogen-bond acceptors (Lipinski definition) is 5. The molecule has 0 saturated carbocycles. The molecule has 0 bridgehead atoms. The van der Waals surface area contributed by atoms with E-state index in [0.717, 1.165) is 11.1 Å². The average molecular weight is 341 g/mol. The number of hydrogen-bond donors (Lipinski definition) is 1. The highest BCUT2D eigenvalue weighted by molar-refractivity contribution is 5.97. The van der Waals surface area contributed by atoms with Gasteiger partial charge in [-0.2, -0.15) is 0 Å². The lowest BCUT2D eigenvalue weighted by molar-refractivity contribution is 0.0924. The van der Waals surface area contributed by atoms with E-state index in [2.05, 4.69) is 35.7 Å². The maximum absolute atomic E-state index is 13.1. The van der Waals surface area contributed by atoms with Crippen molar-refractivity contribution in [3.05, 3.63) is 47.8 Å². The molecule has 25 heavy (non-hydrogen) atoms. The fraction of sp³-hybridized carbons (Fsp3) is 0.500. The molecular formula is C20H27N3O2. The third-order valence-corrected chi connectivity index (χ3v) is 4.08.